The molecular formula is C4H13BNP. The van der Waals surface area contributed by atoms with E-state index in [1.165, 1.54) is 6.16 Å². The lowest BCUT2D eigenvalue weighted by atomic mass is 10.8. The summed E-state index contributed by atoms with van der Waals surface area (Å²) in [6, 6.07) is 0. The number of hydrogen-bond acceptors (Lipinski definition) is 1. The van der Waals surface area contributed by atoms with E-state index in [1.54, 1.807) is 0 Å². The summed E-state index contributed by atoms with van der Waals surface area (Å²) in [5.74, 6) is 0. The standard InChI is InChI=1S/C4H13BNP/c1-3-7(2,5)4-6/h2-6H2,1H3. The molecule has 2 N–H and O–H groups in total. The first-order chi connectivity index (χ1) is 3.12. The molecule has 3 heteroatoms. The second-order valence-corrected chi connectivity index (χ2v) is 6.35. The third-order valence-corrected chi connectivity index (χ3v) is 3.61. The molecule has 0 fully saturated rings. The molecule has 42 valence electrons. The number of nitrogens with two attached hydrogens (primary N) is 1. The van der Waals surface area contributed by atoms with Gasteiger partial charge in [0.2, 0.25) is 0 Å². The SMILES string of the molecule is BP(=C)(CC)CN. The normalized spacial score (nSPS) is 18.6. The summed E-state index contributed by atoms with van der Waals surface area (Å²) < 4.78 is 0. The fraction of sp³-hybridized carbons (Fsp3) is 0.750. The van der Waals surface area contributed by atoms with Gasteiger partial charge in [-0.05, 0) is 6.16 Å². The Bertz CT molecular complexity index is 83.7. The Morgan fingerprint density at radius 1 is 1.86 bits per heavy atom. The van der Waals surface area contributed by atoms with Crippen LogP contribution in [0.3, 0.4) is 0 Å². The van der Waals surface area contributed by atoms with Gasteiger partial charge in [-0.15, -0.1) is 13.1 Å². The van der Waals surface area contributed by atoms with E-state index in [1.807, 2.05) is 0 Å². The molecule has 0 aromatic heterocycles. The molecule has 0 aliphatic rings. The number of hydrogen-bond donors (Lipinski definition) is 1. The van der Waals surface area contributed by atoms with Gasteiger partial charge in [-0.1, -0.05) is 6.92 Å². The van der Waals surface area contributed by atoms with E-state index in [4.69, 9.17) is 5.73 Å². The Morgan fingerprint density at radius 3 is 2.29 bits per heavy atom. The molecule has 0 spiro atoms. The van der Waals surface area contributed by atoms with Gasteiger partial charge in [0.1, 0.15) is 7.57 Å². The molecule has 1 unspecified atom stereocenters. The molecule has 7 heavy (non-hydrogen) atoms. The van der Waals surface area contributed by atoms with Crippen molar-refractivity contribution in [1.29, 1.82) is 0 Å². The largest absolute Gasteiger partial charge is 0.327 e. The smallest absolute Gasteiger partial charge is 0.135 e. The van der Waals surface area contributed by atoms with E-state index in [2.05, 4.69) is 20.8 Å². The Kier molecular flexibility index (Phi) is 2.71. The van der Waals surface area contributed by atoms with Crippen LogP contribution >= 0.6 is 6.76 Å². The van der Waals surface area contributed by atoms with Crippen molar-refractivity contribution < 1.29 is 0 Å². The molecular weight excluding hydrogens is 104 g/mol. The highest BCUT2D eigenvalue weighted by atomic mass is 31.2. The number of rotatable bonds is 2. The van der Waals surface area contributed by atoms with E-state index < -0.39 is 6.76 Å². The minimum absolute atomic E-state index is 0.795. The molecule has 0 aromatic carbocycles. The molecule has 0 bridgehead atoms. The lowest BCUT2D eigenvalue weighted by molar-refractivity contribution is 1.35. The van der Waals surface area contributed by atoms with Crippen LogP contribution in [0.15, 0.2) is 0 Å². The van der Waals surface area contributed by atoms with E-state index in [-0.39, 0.29) is 0 Å². The van der Waals surface area contributed by atoms with Gasteiger partial charge in [-0.2, -0.15) is 0 Å². The Morgan fingerprint density at radius 2 is 2.29 bits per heavy atom. The van der Waals surface area contributed by atoms with E-state index in [0.717, 1.165) is 6.29 Å². The molecule has 1 atom stereocenters. The molecule has 0 aromatic rings. The van der Waals surface area contributed by atoms with Crippen molar-refractivity contribution in [3.8, 4) is 0 Å². The third kappa shape index (κ3) is 2.96. The Balaban J connectivity index is 3.61. The summed E-state index contributed by atoms with van der Waals surface area (Å²) in [6.07, 6.45) is 5.96. The summed E-state index contributed by atoms with van der Waals surface area (Å²) >= 11 is 0. The van der Waals surface area contributed by atoms with Crippen LogP contribution < -0.4 is 5.73 Å². The fourth-order valence-electron chi connectivity index (χ4n) is 0.129. The van der Waals surface area contributed by atoms with Gasteiger partial charge in [0.15, 0.2) is 0 Å². The second-order valence-electron chi connectivity index (χ2n) is 2.12. The van der Waals surface area contributed by atoms with Crippen LogP contribution in [0, 0.1) is 0 Å². The summed E-state index contributed by atoms with van der Waals surface area (Å²) in [4.78, 5) is 0. The molecule has 0 aliphatic carbocycles. The highest BCUT2D eigenvalue weighted by Crippen LogP contribution is 2.34. The van der Waals surface area contributed by atoms with Crippen molar-refractivity contribution in [1.82, 2.24) is 0 Å². The second kappa shape index (κ2) is 2.59. The predicted molar refractivity (Wildman–Crippen MR) is 42.2 cm³/mol. The average Bonchev–Trinajstić information content (AvgIpc) is 1.68. The fourth-order valence-corrected chi connectivity index (χ4v) is 0.387. The van der Waals surface area contributed by atoms with Crippen LogP contribution in [-0.2, 0) is 0 Å². The topological polar surface area (TPSA) is 26.0 Å². The van der Waals surface area contributed by atoms with Crippen molar-refractivity contribution in [3.05, 3.63) is 0 Å². The Hall–Kier alpha value is 0.325. The van der Waals surface area contributed by atoms with Gasteiger partial charge in [0.05, 0.1) is 0 Å². The van der Waals surface area contributed by atoms with E-state index in [9.17, 15) is 0 Å². The summed E-state index contributed by atoms with van der Waals surface area (Å²) in [6.45, 7) is 1.27. The van der Waals surface area contributed by atoms with Gasteiger partial charge in [0.25, 0.3) is 0 Å². The van der Waals surface area contributed by atoms with Crippen molar-refractivity contribution in [3.63, 3.8) is 0 Å². The van der Waals surface area contributed by atoms with Gasteiger partial charge in [0, 0.05) is 6.29 Å². The summed E-state index contributed by atoms with van der Waals surface area (Å²) in [5.41, 5.74) is 5.40. The molecule has 0 radical (unpaired) electrons. The molecule has 0 aliphatic heterocycles. The maximum atomic E-state index is 5.40. The van der Waals surface area contributed by atoms with Crippen molar-refractivity contribution >= 4 is 20.6 Å². The molecule has 0 rings (SSSR count). The van der Waals surface area contributed by atoms with Gasteiger partial charge in [-0.25, -0.2) is 0 Å². The van der Waals surface area contributed by atoms with Crippen LogP contribution in [0.2, 0.25) is 0 Å². The van der Waals surface area contributed by atoms with E-state index in [0.29, 0.717) is 0 Å². The summed E-state index contributed by atoms with van der Waals surface area (Å²) in [5, 5.41) is 0. The predicted octanol–water partition coefficient (Wildman–Crippen LogP) is -0.0798. The van der Waals surface area contributed by atoms with Crippen LogP contribution in [0.25, 0.3) is 0 Å². The van der Waals surface area contributed by atoms with Crippen LogP contribution in [-0.4, -0.2) is 26.3 Å². The minimum atomic E-state index is -0.877. The van der Waals surface area contributed by atoms with Crippen molar-refractivity contribution in [2.45, 2.75) is 6.92 Å². The van der Waals surface area contributed by atoms with Gasteiger partial charge >= 0.3 is 0 Å². The van der Waals surface area contributed by atoms with Gasteiger partial charge < -0.3 is 5.73 Å². The third-order valence-electron chi connectivity index (χ3n) is 1.20. The maximum absolute atomic E-state index is 5.40. The monoisotopic (exact) mass is 117 g/mol. The average molecular weight is 117 g/mol. The lowest BCUT2D eigenvalue weighted by Gasteiger charge is -2.11. The minimum Gasteiger partial charge on any atom is -0.327 e. The van der Waals surface area contributed by atoms with Crippen LogP contribution in [0.5, 0.6) is 0 Å². The highest BCUT2D eigenvalue weighted by molar-refractivity contribution is 7.95. The zero-order valence-corrected chi connectivity index (χ0v) is 6.04. The first-order valence-corrected chi connectivity index (χ1v) is 5.30. The van der Waals surface area contributed by atoms with Crippen molar-refractivity contribution in [2.24, 2.45) is 5.73 Å². The van der Waals surface area contributed by atoms with Crippen molar-refractivity contribution in [2.75, 3.05) is 12.4 Å². The van der Waals surface area contributed by atoms with Crippen LogP contribution in [0.1, 0.15) is 6.92 Å². The zero-order chi connectivity index (χ0) is 5.91. The van der Waals surface area contributed by atoms with Gasteiger partial charge in [-0.3, -0.25) is 0 Å². The Labute approximate surface area is 46.6 Å². The zero-order valence-electron chi connectivity index (χ0n) is 5.15. The molecule has 0 saturated carbocycles. The first-order valence-electron chi connectivity index (χ1n) is 2.51. The maximum Gasteiger partial charge on any atom is 0.135 e. The molecule has 0 amide bonds. The summed E-state index contributed by atoms with van der Waals surface area (Å²) in [7, 11) is 2.17. The first kappa shape index (κ1) is 7.32. The van der Waals surface area contributed by atoms with Crippen LogP contribution in [0.4, 0.5) is 0 Å². The van der Waals surface area contributed by atoms with E-state index >= 15 is 0 Å². The lowest BCUT2D eigenvalue weighted by Crippen LogP contribution is -2.01. The molecule has 0 heterocycles. The molecule has 1 nitrogen and oxygen atoms in total. The quantitative estimate of drug-likeness (QED) is 0.397. The highest BCUT2D eigenvalue weighted by Gasteiger charge is 1.97. The molecule has 0 saturated heterocycles.